The molecule has 16 heavy (non-hydrogen) atoms. The first-order valence-corrected chi connectivity index (χ1v) is 6.36. The highest BCUT2D eigenvalue weighted by Gasteiger charge is 2.16. The fraction of sp³-hybridized carbons (Fsp3) is 0.200. The number of hydrogen-bond acceptors (Lipinski definition) is 6. The van der Waals surface area contributed by atoms with Gasteiger partial charge in [0.25, 0.3) is 0 Å². The average Bonchev–Trinajstić information content (AvgIpc) is 2.87. The SMILES string of the molecule is Cc1ncc(-c2nc3sc(C)c(N)c3o2)s1. The van der Waals surface area contributed by atoms with Crippen LogP contribution in [-0.2, 0) is 0 Å². The van der Waals surface area contributed by atoms with E-state index in [-0.39, 0.29) is 0 Å². The number of rotatable bonds is 1. The van der Waals surface area contributed by atoms with E-state index in [1.165, 1.54) is 0 Å². The van der Waals surface area contributed by atoms with E-state index < -0.39 is 0 Å². The normalized spacial score (nSPS) is 11.4. The van der Waals surface area contributed by atoms with Gasteiger partial charge in [0.15, 0.2) is 10.4 Å². The monoisotopic (exact) mass is 251 g/mol. The fourth-order valence-corrected chi connectivity index (χ4v) is 3.04. The molecule has 3 aromatic heterocycles. The maximum absolute atomic E-state index is 5.90. The minimum atomic E-state index is 0.610. The van der Waals surface area contributed by atoms with Gasteiger partial charge in [-0.25, -0.2) is 4.98 Å². The number of anilines is 1. The van der Waals surface area contributed by atoms with E-state index >= 15 is 0 Å². The van der Waals surface area contributed by atoms with E-state index in [0.29, 0.717) is 17.2 Å². The molecule has 0 amide bonds. The molecule has 0 saturated carbocycles. The summed E-state index contributed by atoms with van der Waals surface area (Å²) in [5.41, 5.74) is 7.29. The molecule has 4 nitrogen and oxygen atoms in total. The molecule has 0 atom stereocenters. The lowest BCUT2D eigenvalue weighted by molar-refractivity contribution is 0.623. The van der Waals surface area contributed by atoms with Crippen LogP contribution in [-0.4, -0.2) is 9.97 Å². The molecule has 0 aliphatic carbocycles. The Balaban J connectivity index is 2.19. The molecular formula is C10H9N3OS2. The van der Waals surface area contributed by atoms with Crippen molar-refractivity contribution < 1.29 is 4.42 Å². The van der Waals surface area contributed by atoms with Crippen molar-refractivity contribution in [3.05, 3.63) is 16.1 Å². The Morgan fingerprint density at radius 2 is 2.12 bits per heavy atom. The standard InChI is InChI=1S/C10H9N3OS2/c1-4-7(11)8-10(15-4)13-9(14-8)6-3-12-5(2)16-6/h3H,11H2,1-2H3. The molecule has 0 spiro atoms. The van der Waals surface area contributed by atoms with Crippen LogP contribution in [0.2, 0.25) is 0 Å². The Bertz CT molecular complexity index is 665. The number of nitrogens with zero attached hydrogens (tertiary/aromatic N) is 2. The van der Waals surface area contributed by atoms with Crippen molar-refractivity contribution >= 4 is 38.8 Å². The van der Waals surface area contributed by atoms with Gasteiger partial charge in [-0.15, -0.1) is 22.7 Å². The molecule has 6 heteroatoms. The number of thiazole rings is 1. The number of hydrogen-bond donors (Lipinski definition) is 1. The lowest BCUT2D eigenvalue weighted by Crippen LogP contribution is -1.82. The number of fused-ring (bicyclic) bond motifs is 1. The summed E-state index contributed by atoms with van der Waals surface area (Å²) in [7, 11) is 0. The third-order valence-corrected chi connectivity index (χ3v) is 4.20. The minimum Gasteiger partial charge on any atom is -0.432 e. The second-order valence-corrected chi connectivity index (χ2v) is 5.91. The van der Waals surface area contributed by atoms with Crippen LogP contribution in [0.25, 0.3) is 21.2 Å². The first-order chi connectivity index (χ1) is 7.65. The van der Waals surface area contributed by atoms with Crippen LogP contribution < -0.4 is 5.73 Å². The molecule has 0 saturated heterocycles. The van der Waals surface area contributed by atoms with Crippen molar-refractivity contribution in [2.24, 2.45) is 0 Å². The number of thiophene rings is 1. The lowest BCUT2D eigenvalue weighted by Gasteiger charge is -1.88. The van der Waals surface area contributed by atoms with Gasteiger partial charge in [-0.2, -0.15) is 4.98 Å². The van der Waals surface area contributed by atoms with Crippen molar-refractivity contribution in [3.63, 3.8) is 0 Å². The predicted octanol–water partition coefficient (Wildman–Crippen LogP) is 3.21. The van der Waals surface area contributed by atoms with Crippen LogP contribution in [0.1, 0.15) is 9.88 Å². The van der Waals surface area contributed by atoms with E-state index in [1.54, 1.807) is 28.9 Å². The Kier molecular flexibility index (Phi) is 2.02. The van der Waals surface area contributed by atoms with E-state index in [1.807, 2.05) is 13.8 Å². The van der Waals surface area contributed by atoms with E-state index in [2.05, 4.69) is 9.97 Å². The van der Waals surface area contributed by atoms with E-state index in [9.17, 15) is 0 Å². The molecule has 3 aromatic rings. The van der Waals surface area contributed by atoms with E-state index in [0.717, 1.165) is 19.6 Å². The zero-order valence-electron chi connectivity index (χ0n) is 8.77. The second kappa shape index (κ2) is 3.29. The summed E-state index contributed by atoms with van der Waals surface area (Å²) >= 11 is 3.12. The highest BCUT2D eigenvalue weighted by atomic mass is 32.1. The first-order valence-electron chi connectivity index (χ1n) is 4.73. The summed E-state index contributed by atoms with van der Waals surface area (Å²) in [4.78, 5) is 11.4. The number of nitrogens with two attached hydrogens (primary N) is 1. The largest absolute Gasteiger partial charge is 0.432 e. The highest BCUT2D eigenvalue weighted by molar-refractivity contribution is 7.19. The molecule has 0 radical (unpaired) electrons. The molecule has 0 fully saturated rings. The van der Waals surface area contributed by atoms with Gasteiger partial charge in [0.1, 0.15) is 4.88 Å². The summed E-state index contributed by atoms with van der Waals surface area (Å²) in [5.74, 6) is 0.610. The van der Waals surface area contributed by atoms with Crippen molar-refractivity contribution in [1.29, 1.82) is 0 Å². The van der Waals surface area contributed by atoms with Gasteiger partial charge in [-0.05, 0) is 13.8 Å². The number of nitrogen functional groups attached to an aromatic ring is 1. The third-order valence-electron chi connectivity index (χ3n) is 2.30. The van der Waals surface area contributed by atoms with Crippen molar-refractivity contribution in [2.45, 2.75) is 13.8 Å². The number of aryl methyl sites for hydroxylation is 2. The van der Waals surface area contributed by atoms with Gasteiger partial charge < -0.3 is 10.2 Å². The number of oxazole rings is 1. The van der Waals surface area contributed by atoms with Crippen molar-refractivity contribution in [1.82, 2.24) is 9.97 Å². The summed E-state index contributed by atoms with van der Waals surface area (Å²) in [6.07, 6.45) is 1.78. The molecule has 82 valence electrons. The van der Waals surface area contributed by atoms with Crippen LogP contribution in [0, 0.1) is 13.8 Å². The van der Waals surface area contributed by atoms with Crippen LogP contribution in [0.4, 0.5) is 5.69 Å². The predicted molar refractivity (Wildman–Crippen MR) is 66.9 cm³/mol. The molecule has 0 unspecified atom stereocenters. The summed E-state index contributed by atoms with van der Waals surface area (Å²) in [5, 5.41) is 1.00. The fourth-order valence-electron chi connectivity index (χ4n) is 1.47. The molecule has 3 rings (SSSR count). The Morgan fingerprint density at radius 1 is 1.31 bits per heavy atom. The van der Waals surface area contributed by atoms with Gasteiger partial charge in [0, 0.05) is 4.88 Å². The summed E-state index contributed by atoms with van der Waals surface area (Å²) < 4.78 is 5.66. The van der Waals surface area contributed by atoms with Crippen LogP contribution in [0.15, 0.2) is 10.6 Å². The van der Waals surface area contributed by atoms with Crippen molar-refractivity contribution in [3.8, 4) is 10.8 Å². The molecule has 0 bridgehead atoms. The molecule has 2 N–H and O–H groups in total. The van der Waals surface area contributed by atoms with E-state index in [4.69, 9.17) is 10.2 Å². The average molecular weight is 251 g/mol. The molecule has 3 heterocycles. The number of aromatic nitrogens is 2. The van der Waals surface area contributed by atoms with Crippen LogP contribution in [0.5, 0.6) is 0 Å². The van der Waals surface area contributed by atoms with Gasteiger partial charge in [0.2, 0.25) is 5.89 Å². The Morgan fingerprint density at radius 3 is 2.75 bits per heavy atom. The third kappa shape index (κ3) is 1.34. The van der Waals surface area contributed by atoms with Crippen molar-refractivity contribution in [2.75, 3.05) is 5.73 Å². The second-order valence-electron chi connectivity index (χ2n) is 3.47. The van der Waals surface area contributed by atoms with Gasteiger partial charge in [-0.1, -0.05) is 0 Å². The maximum Gasteiger partial charge on any atom is 0.240 e. The topological polar surface area (TPSA) is 64.9 Å². The zero-order chi connectivity index (χ0) is 11.3. The minimum absolute atomic E-state index is 0.610. The first kappa shape index (κ1) is 9.80. The van der Waals surface area contributed by atoms with Gasteiger partial charge in [0.05, 0.1) is 16.9 Å². The Labute approximate surface area is 99.8 Å². The molecule has 0 aliphatic heterocycles. The smallest absolute Gasteiger partial charge is 0.240 e. The summed E-state index contributed by atoms with van der Waals surface area (Å²) in [6.45, 7) is 3.92. The van der Waals surface area contributed by atoms with Crippen LogP contribution >= 0.6 is 22.7 Å². The Hall–Kier alpha value is -1.40. The molecule has 0 aliphatic rings. The highest BCUT2D eigenvalue weighted by Crippen LogP contribution is 2.36. The van der Waals surface area contributed by atoms with Crippen LogP contribution in [0.3, 0.4) is 0 Å². The summed E-state index contributed by atoms with van der Waals surface area (Å²) in [6, 6.07) is 0. The van der Waals surface area contributed by atoms with Gasteiger partial charge >= 0.3 is 0 Å². The molecular weight excluding hydrogens is 242 g/mol. The zero-order valence-corrected chi connectivity index (χ0v) is 10.4. The molecule has 0 aromatic carbocycles. The maximum atomic E-state index is 5.90. The lowest BCUT2D eigenvalue weighted by atomic mass is 10.4. The van der Waals surface area contributed by atoms with Gasteiger partial charge in [-0.3, -0.25) is 0 Å². The quantitative estimate of drug-likeness (QED) is 0.721.